The molecule has 2 fully saturated rings. The van der Waals surface area contributed by atoms with Crippen LogP contribution in [-0.2, 0) is 0 Å². The van der Waals surface area contributed by atoms with Gasteiger partial charge in [-0.15, -0.1) is 0 Å². The molecule has 10 nitrogen and oxygen atoms in total. The third kappa shape index (κ3) is 5.36. The van der Waals surface area contributed by atoms with Crippen LogP contribution in [-0.4, -0.2) is 75.2 Å². The van der Waals surface area contributed by atoms with Gasteiger partial charge in [0.1, 0.15) is 11.6 Å². The molecule has 0 bridgehead atoms. The highest BCUT2D eigenvalue weighted by atomic mass is 19.1. The van der Waals surface area contributed by atoms with Gasteiger partial charge >= 0.3 is 6.01 Å². The molecule has 3 aromatic rings. The van der Waals surface area contributed by atoms with Crippen molar-refractivity contribution in [2.75, 3.05) is 42.5 Å². The van der Waals surface area contributed by atoms with Crippen LogP contribution in [0.5, 0.6) is 0 Å². The molecule has 0 saturated carbocycles. The summed E-state index contributed by atoms with van der Waals surface area (Å²) in [7, 11) is 0. The number of amides is 1. The second-order valence-electron chi connectivity index (χ2n) is 11.2. The third-order valence-corrected chi connectivity index (χ3v) is 8.16. The predicted octanol–water partition coefficient (Wildman–Crippen LogP) is 3.71. The second-order valence-corrected chi connectivity index (χ2v) is 11.2. The van der Waals surface area contributed by atoms with Crippen LogP contribution in [0.2, 0.25) is 0 Å². The Kier molecular flexibility index (Phi) is 7.72. The maximum atomic E-state index is 14.4. The number of aromatic nitrogens is 4. The van der Waals surface area contributed by atoms with E-state index in [-0.39, 0.29) is 22.9 Å². The molecule has 2 N–H and O–H groups in total. The summed E-state index contributed by atoms with van der Waals surface area (Å²) in [6.07, 6.45) is 4.54. The fraction of sp³-hybridized carbons (Fsp3) is 0.536. The fourth-order valence-corrected chi connectivity index (χ4v) is 5.68. The quantitative estimate of drug-likeness (QED) is 0.466. The van der Waals surface area contributed by atoms with E-state index in [0.29, 0.717) is 56.1 Å². The van der Waals surface area contributed by atoms with Crippen molar-refractivity contribution in [2.45, 2.75) is 64.0 Å². The van der Waals surface area contributed by atoms with Crippen LogP contribution >= 0.6 is 0 Å². The number of hydrogen-bond acceptors (Lipinski definition) is 9. The summed E-state index contributed by atoms with van der Waals surface area (Å²) < 4.78 is 33.6. The van der Waals surface area contributed by atoms with Gasteiger partial charge in [0.15, 0.2) is 5.82 Å². The van der Waals surface area contributed by atoms with Gasteiger partial charge in [0.2, 0.25) is 5.95 Å². The lowest BCUT2D eigenvalue weighted by Crippen LogP contribution is -2.55. The first-order valence-corrected chi connectivity index (χ1v) is 13.8. The van der Waals surface area contributed by atoms with Gasteiger partial charge in [0, 0.05) is 68.5 Å². The highest BCUT2D eigenvalue weighted by Crippen LogP contribution is 2.33. The van der Waals surface area contributed by atoms with Gasteiger partial charge in [0.25, 0.3) is 5.91 Å². The molecule has 2 saturated heterocycles. The lowest BCUT2D eigenvalue weighted by molar-refractivity contribution is 0.0456. The molecule has 2 aliphatic heterocycles. The Morgan fingerprint density at radius 2 is 1.88 bits per heavy atom. The van der Waals surface area contributed by atoms with E-state index in [1.807, 2.05) is 30.6 Å². The van der Waals surface area contributed by atoms with Crippen LogP contribution < -0.4 is 15.5 Å². The molecule has 1 aromatic carbocycles. The zero-order chi connectivity index (χ0) is 28.6. The van der Waals surface area contributed by atoms with E-state index >= 15 is 0 Å². The predicted molar refractivity (Wildman–Crippen MR) is 146 cm³/mol. The molecule has 1 amide bonds. The van der Waals surface area contributed by atoms with Gasteiger partial charge in [-0.1, -0.05) is 19.0 Å². The number of halogens is 2. The average Bonchev–Trinajstić information content (AvgIpc) is 3.58. The molecular weight excluding hydrogens is 518 g/mol. The minimum atomic E-state index is -0.504. The Morgan fingerprint density at radius 3 is 2.50 bits per heavy atom. The van der Waals surface area contributed by atoms with Gasteiger partial charge in [-0.3, -0.25) is 4.79 Å². The third-order valence-electron chi connectivity index (χ3n) is 8.16. The lowest BCUT2D eigenvalue weighted by Gasteiger charge is -2.46. The normalized spacial score (nSPS) is 20.8. The number of carbonyl (C=O) groups excluding carboxylic acids is 1. The topological polar surface area (TPSA) is 118 Å². The number of nitrogens with two attached hydrogens (primary N) is 1. The SMILES string of the molecule is CCN(C(=O)c1cnc(N2C[C@H](c3cc(F)ccc3F)[C@@H](N)C2)nc1)C1(C)CCN(c2nc(C(C)C)no2)CC1. The molecule has 0 radical (unpaired) electrons. The van der Waals surface area contributed by atoms with E-state index in [1.54, 1.807) is 0 Å². The number of benzene rings is 1. The maximum absolute atomic E-state index is 14.4. The van der Waals surface area contributed by atoms with Crippen molar-refractivity contribution in [1.82, 2.24) is 25.0 Å². The summed E-state index contributed by atoms with van der Waals surface area (Å²) in [6, 6.07) is 3.52. The van der Waals surface area contributed by atoms with Crippen molar-refractivity contribution in [1.29, 1.82) is 0 Å². The number of rotatable bonds is 7. The molecule has 0 aliphatic carbocycles. The summed E-state index contributed by atoms with van der Waals surface area (Å²) >= 11 is 0. The fourth-order valence-electron chi connectivity index (χ4n) is 5.68. The Balaban J connectivity index is 1.24. The Morgan fingerprint density at radius 1 is 1.18 bits per heavy atom. The molecule has 40 heavy (non-hydrogen) atoms. The molecule has 214 valence electrons. The van der Waals surface area contributed by atoms with Gasteiger partial charge < -0.3 is 25.0 Å². The minimum absolute atomic E-state index is 0.136. The molecule has 0 spiro atoms. The van der Waals surface area contributed by atoms with Gasteiger partial charge in [0.05, 0.1) is 5.56 Å². The van der Waals surface area contributed by atoms with E-state index in [4.69, 9.17) is 10.3 Å². The van der Waals surface area contributed by atoms with E-state index in [9.17, 15) is 13.6 Å². The smallest absolute Gasteiger partial charge is 0.324 e. The molecule has 5 rings (SSSR count). The molecule has 4 heterocycles. The number of piperidine rings is 1. The van der Waals surface area contributed by atoms with E-state index in [1.165, 1.54) is 18.5 Å². The summed E-state index contributed by atoms with van der Waals surface area (Å²) in [6.45, 7) is 10.8. The van der Waals surface area contributed by atoms with E-state index < -0.39 is 23.6 Å². The number of nitrogens with zero attached hydrogens (tertiary/aromatic N) is 7. The zero-order valence-electron chi connectivity index (χ0n) is 23.3. The molecule has 0 unspecified atom stereocenters. The first kappa shape index (κ1) is 27.9. The van der Waals surface area contributed by atoms with Crippen LogP contribution in [0.3, 0.4) is 0 Å². The van der Waals surface area contributed by atoms with Crippen molar-refractivity contribution >= 4 is 17.9 Å². The molecule has 2 aromatic heterocycles. The first-order valence-electron chi connectivity index (χ1n) is 13.8. The molecule has 2 aliphatic rings. The molecular formula is C28H36F2N8O2. The monoisotopic (exact) mass is 554 g/mol. The van der Waals surface area contributed by atoms with Crippen molar-refractivity contribution in [3.05, 3.63) is 59.2 Å². The highest BCUT2D eigenvalue weighted by molar-refractivity contribution is 5.94. The van der Waals surface area contributed by atoms with Crippen LogP contribution in [0.25, 0.3) is 0 Å². The Labute approximate surface area is 232 Å². The van der Waals surface area contributed by atoms with Crippen LogP contribution in [0, 0.1) is 11.6 Å². The lowest BCUT2D eigenvalue weighted by atomic mass is 9.87. The van der Waals surface area contributed by atoms with Crippen molar-refractivity contribution in [2.24, 2.45) is 5.73 Å². The highest BCUT2D eigenvalue weighted by Gasteiger charge is 2.39. The van der Waals surface area contributed by atoms with Crippen LogP contribution in [0.1, 0.15) is 74.1 Å². The second kappa shape index (κ2) is 11.1. The summed E-state index contributed by atoms with van der Waals surface area (Å²) in [4.78, 5) is 32.8. The van der Waals surface area contributed by atoms with Crippen molar-refractivity contribution in [3.8, 4) is 0 Å². The van der Waals surface area contributed by atoms with Gasteiger partial charge in [-0.05, 0) is 50.5 Å². The van der Waals surface area contributed by atoms with Crippen molar-refractivity contribution in [3.63, 3.8) is 0 Å². The number of anilines is 2. The average molecular weight is 555 g/mol. The van der Waals surface area contributed by atoms with Crippen LogP contribution in [0.4, 0.5) is 20.7 Å². The van der Waals surface area contributed by atoms with Gasteiger partial charge in [-0.25, -0.2) is 18.7 Å². The largest absolute Gasteiger partial charge is 0.339 e. The molecule has 12 heteroatoms. The summed E-state index contributed by atoms with van der Waals surface area (Å²) in [5.41, 5.74) is 6.57. The zero-order valence-corrected chi connectivity index (χ0v) is 23.3. The van der Waals surface area contributed by atoms with Crippen molar-refractivity contribution < 1.29 is 18.1 Å². The summed E-state index contributed by atoms with van der Waals surface area (Å²) in [5, 5.41) is 4.06. The summed E-state index contributed by atoms with van der Waals surface area (Å²) in [5.74, 6) is -0.250. The Hall–Kier alpha value is -3.67. The van der Waals surface area contributed by atoms with E-state index in [0.717, 1.165) is 25.0 Å². The number of hydrogen-bond donors (Lipinski definition) is 1. The van der Waals surface area contributed by atoms with Gasteiger partial charge in [-0.2, -0.15) is 4.98 Å². The molecule has 2 atom stereocenters. The van der Waals surface area contributed by atoms with E-state index in [2.05, 4.69) is 31.9 Å². The standard InChI is InChI=1S/C28H36F2N8O2/c1-5-38(28(4)8-10-36(11-9-28)27-34-24(17(2)3)35-40-27)25(39)18-13-32-26(33-14-18)37-15-21(23(31)16-37)20-12-19(29)6-7-22(20)30/h6-7,12-14,17,21,23H,5,8-11,15-16,31H2,1-4H3/t21-,23+/m1/s1. The van der Waals surface area contributed by atoms with Crippen LogP contribution in [0.15, 0.2) is 35.1 Å². The first-order chi connectivity index (χ1) is 19.1. The maximum Gasteiger partial charge on any atom is 0.324 e. The Bertz CT molecular complexity index is 1340. The minimum Gasteiger partial charge on any atom is -0.339 e. The number of carbonyl (C=O) groups is 1.